The molecule has 1 aromatic heterocycles. The number of hydrogen-bond donors (Lipinski definition) is 2. The van der Waals surface area contributed by atoms with E-state index in [-0.39, 0.29) is 17.8 Å². The lowest BCUT2D eigenvalue weighted by Crippen LogP contribution is -2.34. The van der Waals surface area contributed by atoms with Crippen LogP contribution in [0, 0.1) is 0 Å². The number of carbonyl (C=O) groups is 1. The van der Waals surface area contributed by atoms with Crippen LogP contribution >= 0.6 is 0 Å². The van der Waals surface area contributed by atoms with Crippen LogP contribution in [-0.4, -0.2) is 27.1 Å². The summed E-state index contributed by atoms with van der Waals surface area (Å²) < 4.78 is 0. The molecule has 0 aliphatic heterocycles. The molecule has 5 heteroatoms. The number of benzene rings is 1. The Kier molecular flexibility index (Phi) is 3.49. The third-order valence-corrected chi connectivity index (χ3v) is 2.39. The van der Waals surface area contributed by atoms with Crippen LogP contribution < -0.4 is 5.32 Å². The molecule has 0 aliphatic carbocycles. The highest BCUT2D eigenvalue weighted by Gasteiger charge is 2.12. The van der Waals surface area contributed by atoms with Gasteiger partial charge in [-0.05, 0) is 18.9 Å². The summed E-state index contributed by atoms with van der Waals surface area (Å²) in [7, 11) is 0. The van der Waals surface area contributed by atoms with Gasteiger partial charge in [0.15, 0.2) is 0 Å². The van der Waals surface area contributed by atoms with Crippen molar-refractivity contribution in [3.05, 3.63) is 48.0 Å². The fraction of sp³-hybridized carbons (Fsp3) is 0.250. The van der Waals surface area contributed by atoms with Crippen molar-refractivity contribution in [2.45, 2.75) is 19.4 Å². The molecular weight excluding hydrogens is 216 g/mol. The number of carbonyl (C=O) groups excluding carboxylic acids is 1. The van der Waals surface area contributed by atoms with Crippen molar-refractivity contribution < 1.29 is 4.79 Å². The average molecular weight is 230 g/mol. The van der Waals surface area contributed by atoms with Crippen molar-refractivity contribution >= 4 is 5.91 Å². The van der Waals surface area contributed by atoms with Crippen LogP contribution in [0.5, 0.6) is 0 Å². The quantitative estimate of drug-likeness (QED) is 0.828. The average Bonchev–Trinajstić information content (AvgIpc) is 2.83. The van der Waals surface area contributed by atoms with Crippen LogP contribution in [0.2, 0.25) is 0 Å². The van der Waals surface area contributed by atoms with E-state index in [1.807, 2.05) is 37.3 Å². The maximum Gasteiger partial charge on any atom is 0.288 e. The fourth-order valence-corrected chi connectivity index (χ4v) is 1.63. The highest BCUT2D eigenvalue weighted by molar-refractivity contribution is 5.90. The van der Waals surface area contributed by atoms with Crippen LogP contribution in [0.15, 0.2) is 36.7 Å². The van der Waals surface area contributed by atoms with Gasteiger partial charge in [0.1, 0.15) is 6.33 Å². The highest BCUT2D eigenvalue weighted by Crippen LogP contribution is 2.03. The molecule has 0 saturated carbocycles. The van der Waals surface area contributed by atoms with Gasteiger partial charge in [-0.1, -0.05) is 30.3 Å². The Hall–Kier alpha value is -2.17. The minimum atomic E-state index is -0.231. The predicted molar refractivity (Wildman–Crippen MR) is 63.5 cm³/mol. The standard InChI is InChI=1S/C12H14N4O/c1-9(7-10-5-3-2-4-6-10)15-12(17)11-13-8-14-16-11/h2-6,8-9H,7H2,1H3,(H,15,17)(H,13,14,16). The van der Waals surface area contributed by atoms with Gasteiger partial charge in [0.05, 0.1) is 0 Å². The summed E-state index contributed by atoms with van der Waals surface area (Å²) in [5.74, 6) is 0.0100. The maximum atomic E-state index is 11.7. The summed E-state index contributed by atoms with van der Waals surface area (Å²) in [6, 6.07) is 10.1. The largest absolute Gasteiger partial charge is 0.347 e. The van der Waals surface area contributed by atoms with Gasteiger partial charge >= 0.3 is 0 Å². The lowest BCUT2D eigenvalue weighted by molar-refractivity contribution is 0.0930. The van der Waals surface area contributed by atoms with Crippen molar-refractivity contribution in [1.82, 2.24) is 20.5 Å². The van der Waals surface area contributed by atoms with E-state index in [4.69, 9.17) is 0 Å². The minimum Gasteiger partial charge on any atom is -0.347 e. The Morgan fingerprint density at radius 3 is 2.82 bits per heavy atom. The van der Waals surface area contributed by atoms with Gasteiger partial charge in [0.2, 0.25) is 5.82 Å². The van der Waals surface area contributed by atoms with Gasteiger partial charge in [-0.25, -0.2) is 4.98 Å². The van der Waals surface area contributed by atoms with E-state index in [1.165, 1.54) is 11.9 Å². The van der Waals surface area contributed by atoms with E-state index in [0.29, 0.717) is 0 Å². The number of nitrogens with one attached hydrogen (secondary N) is 2. The Morgan fingerprint density at radius 2 is 2.18 bits per heavy atom. The molecule has 2 N–H and O–H groups in total. The Balaban J connectivity index is 1.90. The van der Waals surface area contributed by atoms with Gasteiger partial charge < -0.3 is 5.32 Å². The van der Waals surface area contributed by atoms with Crippen molar-refractivity contribution in [1.29, 1.82) is 0 Å². The Morgan fingerprint density at radius 1 is 1.41 bits per heavy atom. The number of aromatic nitrogens is 3. The van der Waals surface area contributed by atoms with Gasteiger partial charge in [-0.15, -0.1) is 0 Å². The number of aromatic amines is 1. The number of rotatable bonds is 4. The molecular formula is C12H14N4O. The Bertz CT molecular complexity index is 467. The third kappa shape index (κ3) is 3.14. The lowest BCUT2D eigenvalue weighted by atomic mass is 10.1. The van der Waals surface area contributed by atoms with Gasteiger partial charge in [0.25, 0.3) is 5.91 Å². The second kappa shape index (κ2) is 5.25. The molecule has 88 valence electrons. The summed E-state index contributed by atoms with van der Waals surface area (Å²) in [4.78, 5) is 15.5. The summed E-state index contributed by atoms with van der Waals surface area (Å²) in [6.07, 6.45) is 2.11. The Labute approximate surface area is 99.3 Å². The van der Waals surface area contributed by atoms with Crippen LogP contribution in [-0.2, 0) is 6.42 Å². The molecule has 1 unspecified atom stereocenters. The SMILES string of the molecule is CC(Cc1ccccc1)NC(=O)c1ncn[nH]1. The summed E-state index contributed by atoms with van der Waals surface area (Å²) in [5.41, 5.74) is 1.19. The van der Waals surface area contributed by atoms with Gasteiger partial charge in [0, 0.05) is 6.04 Å². The van der Waals surface area contributed by atoms with Crippen molar-refractivity contribution in [3.63, 3.8) is 0 Å². The second-order valence-electron chi connectivity index (χ2n) is 3.90. The number of hydrogen-bond acceptors (Lipinski definition) is 3. The molecule has 2 rings (SSSR count). The predicted octanol–water partition coefficient (Wildman–Crippen LogP) is 1.17. The van der Waals surface area contributed by atoms with E-state index in [1.54, 1.807) is 0 Å². The van der Waals surface area contributed by atoms with Gasteiger partial charge in [-0.2, -0.15) is 5.10 Å². The first-order valence-corrected chi connectivity index (χ1v) is 5.46. The molecule has 0 saturated heterocycles. The molecule has 0 radical (unpaired) electrons. The fourth-order valence-electron chi connectivity index (χ4n) is 1.63. The molecule has 1 amide bonds. The zero-order chi connectivity index (χ0) is 12.1. The molecule has 1 heterocycles. The normalized spacial score (nSPS) is 12.1. The number of amides is 1. The summed E-state index contributed by atoms with van der Waals surface area (Å²) in [6.45, 7) is 1.96. The molecule has 1 aromatic carbocycles. The van der Waals surface area contributed by atoms with E-state index < -0.39 is 0 Å². The first-order valence-electron chi connectivity index (χ1n) is 5.46. The molecule has 0 spiro atoms. The molecule has 17 heavy (non-hydrogen) atoms. The van der Waals surface area contributed by atoms with Crippen molar-refractivity contribution in [3.8, 4) is 0 Å². The number of H-pyrrole nitrogens is 1. The van der Waals surface area contributed by atoms with Crippen LogP contribution in [0.3, 0.4) is 0 Å². The monoisotopic (exact) mass is 230 g/mol. The van der Waals surface area contributed by atoms with E-state index in [9.17, 15) is 4.79 Å². The molecule has 1 atom stereocenters. The molecule has 5 nitrogen and oxygen atoms in total. The van der Waals surface area contributed by atoms with Crippen LogP contribution in [0.4, 0.5) is 0 Å². The molecule has 0 aliphatic rings. The van der Waals surface area contributed by atoms with Crippen molar-refractivity contribution in [2.24, 2.45) is 0 Å². The summed E-state index contributed by atoms with van der Waals surface area (Å²) >= 11 is 0. The summed E-state index contributed by atoms with van der Waals surface area (Å²) in [5, 5.41) is 9.03. The van der Waals surface area contributed by atoms with Gasteiger partial charge in [-0.3, -0.25) is 9.89 Å². The molecule has 0 fully saturated rings. The second-order valence-corrected chi connectivity index (χ2v) is 3.90. The lowest BCUT2D eigenvalue weighted by Gasteiger charge is -2.12. The van der Waals surface area contributed by atoms with Crippen molar-refractivity contribution in [2.75, 3.05) is 0 Å². The zero-order valence-corrected chi connectivity index (χ0v) is 9.55. The number of nitrogens with zero attached hydrogens (tertiary/aromatic N) is 2. The zero-order valence-electron chi connectivity index (χ0n) is 9.55. The minimum absolute atomic E-state index is 0.0509. The van der Waals surface area contributed by atoms with Crippen LogP contribution in [0.1, 0.15) is 23.1 Å². The van der Waals surface area contributed by atoms with E-state index in [2.05, 4.69) is 20.5 Å². The smallest absolute Gasteiger partial charge is 0.288 e. The maximum absolute atomic E-state index is 11.7. The molecule has 0 bridgehead atoms. The topological polar surface area (TPSA) is 70.7 Å². The highest BCUT2D eigenvalue weighted by atomic mass is 16.2. The van der Waals surface area contributed by atoms with E-state index in [0.717, 1.165) is 6.42 Å². The molecule has 2 aromatic rings. The third-order valence-electron chi connectivity index (χ3n) is 2.39. The van der Waals surface area contributed by atoms with E-state index >= 15 is 0 Å². The first-order chi connectivity index (χ1) is 8.25. The van der Waals surface area contributed by atoms with Crippen LogP contribution in [0.25, 0.3) is 0 Å². The first kappa shape index (κ1) is 11.3.